The van der Waals surface area contributed by atoms with E-state index in [4.69, 9.17) is 18.9 Å². The predicted molar refractivity (Wildman–Crippen MR) is 180 cm³/mol. The minimum atomic E-state index is -0.757. The van der Waals surface area contributed by atoms with Gasteiger partial charge in [0.25, 0.3) is 0 Å². The molecule has 1 N–H and O–H groups in total. The maximum atomic E-state index is 13.7. The Labute approximate surface area is 281 Å². The molecular formula is C35H58N4O8. The SMILES string of the molecule is CC(C)OC(=O)CN1CCNCCN(CC(=O)OC(C)(C)C)CCN(C(CCC(=O)OCc2ccccc2)C(=O)OC(C)(C)C)CC1. The number of carbonyl (C=O) groups is 4. The highest BCUT2D eigenvalue weighted by molar-refractivity contribution is 5.78. The molecule has 47 heavy (non-hydrogen) atoms. The van der Waals surface area contributed by atoms with E-state index in [-0.39, 0.29) is 50.6 Å². The molecule has 1 fully saturated rings. The lowest BCUT2D eigenvalue weighted by atomic mass is 10.1. The van der Waals surface area contributed by atoms with E-state index in [1.54, 1.807) is 0 Å². The van der Waals surface area contributed by atoms with Crippen LogP contribution < -0.4 is 5.32 Å². The number of rotatable bonds is 12. The fourth-order valence-electron chi connectivity index (χ4n) is 5.03. The van der Waals surface area contributed by atoms with E-state index in [1.807, 2.05) is 100 Å². The summed E-state index contributed by atoms with van der Waals surface area (Å²) >= 11 is 0. The summed E-state index contributed by atoms with van der Waals surface area (Å²) in [7, 11) is 0. The highest BCUT2D eigenvalue weighted by Crippen LogP contribution is 2.17. The van der Waals surface area contributed by atoms with Gasteiger partial charge in [-0.3, -0.25) is 33.9 Å². The molecule has 1 atom stereocenters. The molecule has 0 aliphatic carbocycles. The van der Waals surface area contributed by atoms with Gasteiger partial charge in [-0.05, 0) is 67.4 Å². The van der Waals surface area contributed by atoms with Crippen LogP contribution in [0.1, 0.15) is 73.8 Å². The van der Waals surface area contributed by atoms with Crippen LogP contribution in [0.3, 0.4) is 0 Å². The summed E-state index contributed by atoms with van der Waals surface area (Å²) in [6.45, 7) is 19.1. The van der Waals surface area contributed by atoms with E-state index in [0.29, 0.717) is 52.4 Å². The van der Waals surface area contributed by atoms with Crippen LogP contribution in [0.5, 0.6) is 0 Å². The van der Waals surface area contributed by atoms with E-state index in [9.17, 15) is 19.2 Å². The van der Waals surface area contributed by atoms with Crippen LogP contribution in [0.15, 0.2) is 30.3 Å². The Morgan fingerprint density at radius 3 is 1.83 bits per heavy atom. The van der Waals surface area contributed by atoms with Crippen molar-refractivity contribution in [2.45, 2.75) is 98.2 Å². The van der Waals surface area contributed by atoms with Gasteiger partial charge in [0.1, 0.15) is 23.9 Å². The van der Waals surface area contributed by atoms with Crippen LogP contribution in [-0.2, 0) is 44.7 Å². The predicted octanol–water partition coefficient (Wildman–Crippen LogP) is 3.02. The smallest absolute Gasteiger partial charge is 0.323 e. The number of esters is 4. The molecular weight excluding hydrogens is 604 g/mol. The van der Waals surface area contributed by atoms with Crippen molar-refractivity contribution in [1.29, 1.82) is 0 Å². The first-order valence-electron chi connectivity index (χ1n) is 16.7. The van der Waals surface area contributed by atoms with Crippen LogP contribution in [-0.4, -0.2) is 127 Å². The second-order valence-electron chi connectivity index (χ2n) is 14.2. The molecule has 266 valence electrons. The lowest BCUT2D eigenvalue weighted by Gasteiger charge is -2.36. The normalized spacial score (nSPS) is 17.2. The second-order valence-corrected chi connectivity index (χ2v) is 14.2. The minimum Gasteiger partial charge on any atom is -0.462 e. The van der Waals surface area contributed by atoms with E-state index in [2.05, 4.69) is 5.32 Å². The Morgan fingerprint density at radius 2 is 1.30 bits per heavy atom. The van der Waals surface area contributed by atoms with Crippen LogP contribution in [0.4, 0.5) is 0 Å². The van der Waals surface area contributed by atoms with Crippen LogP contribution in [0.2, 0.25) is 0 Å². The molecule has 0 saturated carbocycles. The molecule has 12 heteroatoms. The van der Waals surface area contributed by atoms with Crippen molar-refractivity contribution in [3.8, 4) is 0 Å². The zero-order valence-electron chi connectivity index (χ0n) is 29.8. The van der Waals surface area contributed by atoms with Crippen molar-refractivity contribution in [2.75, 3.05) is 65.4 Å². The number of carbonyl (C=O) groups excluding carboxylic acids is 4. The molecule has 0 radical (unpaired) electrons. The first kappa shape index (κ1) is 40.1. The molecule has 1 aliphatic rings. The van der Waals surface area contributed by atoms with Crippen molar-refractivity contribution in [2.24, 2.45) is 0 Å². The van der Waals surface area contributed by atoms with Crippen LogP contribution in [0.25, 0.3) is 0 Å². The summed E-state index contributed by atoms with van der Waals surface area (Å²) in [4.78, 5) is 57.9. The number of benzene rings is 1. The molecule has 2 rings (SSSR count). The third-order valence-corrected chi connectivity index (χ3v) is 7.09. The molecule has 0 spiro atoms. The maximum absolute atomic E-state index is 13.7. The summed E-state index contributed by atoms with van der Waals surface area (Å²) in [5.74, 6) is -1.48. The van der Waals surface area contributed by atoms with E-state index in [0.717, 1.165) is 5.56 Å². The number of hydrogen-bond acceptors (Lipinski definition) is 12. The van der Waals surface area contributed by atoms with Gasteiger partial charge >= 0.3 is 23.9 Å². The van der Waals surface area contributed by atoms with Crippen LogP contribution in [0, 0.1) is 0 Å². The van der Waals surface area contributed by atoms with Gasteiger partial charge in [0, 0.05) is 58.8 Å². The van der Waals surface area contributed by atoms with Gasteiger partial charge in [-0.25, -0.2) is 0 Å². The number of nitrogens with one attached hydrogen (secondary N) is 1. The maximum Gasteiger partial charge on any atom is 0.323 e. The highest BCUT2D eigenvalue weighted by atomic mass is 16.6. The summed E-state index contributed by atoms with van der Waals surface area (Å²) in [5, 5.41) is 3.41. The Morgan fingerprint density at radius 1 is 0.745 bits per heavy atom. The summed E-state index contributed by atoms with van der Waals surface area (Å²) < 4.78 is 22.4. The highest BCUT2D eigenvalue weighted by Gasteiger charge is 2.32. The fourth-order valence-corrected chi connectivity index (χ4v) is 5.03. The molecule has 1 aliphatic heterocycles. The minimum absolute atomic E-state index is 0.0171. The van der Waals surface area contributed by atoms with Gasteiger partial charge in [0.15, 0.2) is 0 Å². The second kappa shape index (κ2) is 19.7. The zero-order chi connectivity index (χ0) is 35.0. The topological polar surface area (TPSA) is 127 Å². The quantitative estimate of drug-likeness (QED) is 0.261. The van der Waals surface area contributed by atoms with Gasteiger partial charge in [-0.15, -0.1) is 0 Å². The van der Waals surface area contributed by atoms with Crippen molar-refractivity contribution in [3.63, 3.8) is 0 Å². The third-order valence-electron chi connectivity index (χ3n) is 7.09. The Kier molecular flexibility index (Phi) is 16.8. The first-order valence-corrected chi connectivity index (χ1v) is 16.7. The van der Waals surface area contributed by atoms with Crippen molar-refractivity contribution >= 4 is 23.9 Å². The summed E-state index contributed by atoms with van der Waals surface area (Å²) in [6, 6.07) is 8.67. The Hall–Kier alpha value is -3.06. The molecule has 1 aromatic carbocycles. The van der Waals surface area contributed by atoms with Crippen LogP contribution >= 0.6 is 0 Å². The van der Waals surface area contributed by atoms with Gasteiger partial charge in [0.2, 0.25) is 0 Å². The first-order chi connectivity index (χ1) is 22.0. The molecule has 1 heterocycles. The third kappa shape index (κ3) is 18.2. The van der Waals surface area contributed by atoms with Crippen molar-refractivity contribution < 1.29 is 38.1 Å². The Balaban J connectivity index is 2.29. The molecule has 1 saturated heterocycles. The fraction of sp³-hybridized carbons (Fsp3) is 0.714. The zero-order valence-corrected chi connectivity index (χ0v) is 29.8. The number of nitrogens with zero attached hydrogens (tertiary/aromatic N) is 3. The molecule has 0 aromatic heterocycles. The summed E-state index contributed by atoms with van der Waals surface area (Å²) in [6.07, 6.45) is -0.0203. The monoisotopic (exact) mass is 662 g/mol. The number of hydrogen-bond donors (Lipinski definition) is 1. The van der Waals surface area contributed by atoms with E-state index >= 15 is 0 Å². The lowest BCUT2D eigenvalue weighted by Crippen LogP contribution is -2.52. The van der Waals surface area contributed by atoms with Crippen molar-refractivity contribution in [1.82, 2.24) is 20.0 Å². The lowest BCUT2D eigenvalue weighted by molar-refractivity contribution is -0.163. The average Bonchev–Trinajstić information content (AvgIpc) is 2.93. The molecule has 1 unspecified atom stereocenters. The molecule has 12 nitrogen and oxygen atoms in total. The average molecular weight is 663 g/mol. The van der Waals surface area contributed by atoms with Gasteiger partial charge in [0.05, 0.1) is 19.2 Å². The molecule has 0 amide bonds. The molecule has 1 aromatic rings. The van der Waals surface area contributed by atoms with E-state index in [1.165, 1.54) is 0 Å². The standard InChI is InChI=1S/C35H58N4O8/c1-27(2)45-31(41)24-37-18-16-36-17-19-38(25-32(42)46-34(3,4)5)21-23-39(22-20-37)29(33(43)47-35(6,7)8)14-15-30(40)44-26-28-12-10-9-11-13-28/h9-13,27,29,36H,14-26H2,1-8H3. The summed E-state index contributed by atoms with van der Waals surface area (Å²) in [5.41, 5.74) is -0.468. The van der Waals surface area contributed by atoms with Crippen molar-refractivity contribution in [3.05, 3.63) is 35.9 Å². The largest absolute Gasteiger partial charge is 0.462 e. The van der Waals surface area contributed by atoms with Gasteiger partial charge < -0.3 is 24.3 Å². The Bertz CT molecular complexity index is 1120. The van der Waals surface area contributed by atoms with Gasteiger partial charge in [-0.2, -0.15) is 0 Å². The number of ether oxygens (including phenoxy) is 4. The van der Waals surface area contributed by atoms with Gasteiger partial charge in [-0.1, -0.05) is 30.3 Å². The van der Waals surface area contributed by atoms with E-state index < -0.39 is 29.2 Å². The molecule has 0 bridgehead atoms.